The Kier molecular flexibility index (Phi) is 2.97. The highest BCUT2D eigenvalue weighted by Gasteiger charge is 2.03. The van der Waals surface area contributed by atoms with Gasteiger partial charge in [0.15, 0.2) is 6.29 Å². The number of halogens is 1. The summed E-state index contributed by atoms with van der Waals surface area (Å²) in [6, 6.07) is 9.56. The van der Waals surface area contributed by atoms with Crippen molar-refractivity contribution in [2.75, 3.05) is 0 Å². The summed E-state index contributed by atoms with van der Waals surface area (Å²) < 4.78 is 6.04. The maximum Gasteiger partial charge on any atom is 0.171 e. The van der Waals surface area contributed by atoms with Gasteiger partial charge < -0.3 is 4.52 Å². The van der Waals surface area contributed by atoms with Crippen molar-refractivity contribution in [1.29, 1.82) is 0 Å². The lowest BCUT2D eigenvalue weighted by atomic mass is 10.1. The summed E-state index contributed by atoms with van der Waals surface area (Å²) in [5, 5.41) is 3.60. The number of carbonyl (C=O) groups is 1. The minimum absolute atomic E-state index is 0.335. The van der Waals surface area contributed by atoms with Crippen molar-refractivity contribution < 1.29 is 9.32 Å². The lowest BCUT2D eigenvalue weighted by molar-refractivity contribution is 0.111. The molecule has 0 aliphatic carbocycles. The van der Waals surface area contributed by atoms with E-state index >= 15 is 0 Å². The minimum Gasteiger partial charge on any atom is -0.360 e. The number of aldehydes is 1. The monoisotopic (exact) mass is 265 g/mol. The van der Waals surface area contributed by atoms with Crippen LogP contribution in [0.4, 0.5) is 0 Å². The number of benzene rings is 1. The summed E-state index contributed by atoms with van der Waals surface area (Å²) in [4.78, 5) is 10.4. The molecule has 0 fully saturated rings. The molecule has 0 saturated heterocycles. The summed E-state index contributed by atoms with van der Waals surface area (Å²) in [7, 11) is 0. The molecule has 1 aromatic carbocycles. The van der Waals surface area contributed by atoms with Crippen LogP contribution in [0.1, 0.15) is 21.8 Å². The van der Waals surface area contributed by atoms with E-state index in [9.17, 15) is 4.79 Å². The molecule has 0 radical (unpaired) electrons. The van der Waals surface area contributed by atoms with E-state index in [4.69, 9.17) is 4.52 Å². The van der Waals surface area contributed by atoms with Gasteiger partial charge in [-0.1, -0.05) is 33.2 Å². The first kappa shape index (κ1) is 10.1. The molecule has 0 N–H and O–H groups in total. The Morgan fingerprint density at radius 2 is 2.07 bits per heavy atom. The van der Waals surface area contributed by atoms with E-state index < -0.39 is 0 Å². The first-order valence-corrected chi connectivity index (χ1v) is 5.22. The highest BCUT2D eigenvalue weighted by Crippen LogP contribution is 2.14. The number of aromatic nitrogens is 1. The van der Waals surface area contributed by atoms with Crippen LogP contribution in [-0.4, -0.2) is 11.4 Å². The van der Waals surface area contributed by atoms with Crippen molar-refractivity contribution in [1.82, 2.24) is 5.16 Å². The molecule has 4 heteroatoms. The largest absolute Gasteiger partial charge is 0.360 e. The average Bonchev–Trinajstić information content (AvgIpc) is 2.69. The van der Waals surface area contributed by atoms with Crippen molar-refractivity contribution in [3.05, 3.63) is 51.8 Å². The standard InChI is InChI=1S/C11H8BrNO2/c12-9-3-1-8(2-4-9)5-11-6-10(7-14)13-15-11/h1-4,6-7H,5H2. The SMILES string of the molecule is O=Cc1cc(Cc2ccc(Br)cc2)on1. The van der Waals surface area contributed by atoms with Crippen molar-refractivity contribution in [3.8, 4) is 0 Å². The number of hydrogen-bond acceptors (Lipinski definition) is 3. The number of hydrogen-bond donors (Lipinski definition) is 0. The highest BCUT2D eigenvalue weighted by molar-refractivity contribution is 9.10. The van der Waals surface area contributed by atoms with Crippen LogP contribution in [0.15, 0.2) is 39.3 Å². The second-order valence-electron chi connectivity index (χ2n) is 3.14. The van der Waals surface area contributed by atoms with Crippen LogP contribution in [0, 0.1) is 0 Å². The Morgan fingerprint density at radius 1 is 1.33 bits per heavy atom. The fourth-order valence-electron chi connectivity index (χ4n) is 1.27. The van der Waals surface area contributed by atoms with Gasteiger partial charge in [-0.05, 0) is 17.7 Å². The second-order valence-corrected chi connectivity index (χ2v) is 4.05. The molecule has 3 nitrogen and oxygen atoms in total. The Balaban J connectivity index is 2.14. The third-order valence-electron chi connectivity index (χ3n) is 1.99. The Labute approximate surface area is 95.2 Å². The summed E-state index contributed by atoms with van der Waals surface area (Å²) in [5.41, 5.74) is 1.45. The predicted molar refractivity (Wildman–Crippen MR) is 58.8 cm³/mol. The average molecular weight is 266 g/mol. The Hall–Kier alpha value is -1.42. The molecule has 0 bridgehead atoms. The van der Waals surface area contributed by atoms with E-state index in [0.717, 1.165) is 10.0 Å². The van der Waals surface area contributed by atoms with Crippen LogP contribution in [-0.2, 0) is 6.42 Å². The zero-order valence-electron chi connectivity index (χ0n) is 7.81. The summed E-state index contributed by atoms with van der Waals surface area (Å²) >= 11 is 3.36. The molecular formula is C11H8BrNO2. The van der Waals surface area contributed by atoms with Gasteiger partial charge >= 0.3 is 0 Å². The molecule has 15 heavy (non-hydrogen) atoms. The Bertz CT molecular complexity index is 462. The lowest BCUT2D eigenvalue weighted by Gasteiger charge is -1.96. The van der Waals surface area contributed by atoms with Crippen LogP contribution in [0.3, 0.4) is 0 Å². The highest BCUT2D eigenvalue weighted by atomic mass is 79.9. The number of rotatable bonds is 3. The van der Waals surface area contributed by atoms with Gasteiger partial charge in [0.2, 0.25) is 0 Å². The maximum atomic E-state index is 10.4. The van der Waals surface area contributed by atoms with E-state index in [-0.39, 0.29) is 0 Å². The molecule has 0 saturated carbocycles. The summed E-state index contributed by atoms with van der Waals surface area (Å²) in [6.45, 7) is 0. The molecule has 76 valence electrons. The molecular weight excluding hydrogens is 258 g/mol. The lowest BCUT2D eigenvalue weighted by Crippen LogP contribution is -1.84. The van der Waals surface area contributed by atoms with Crippen LogP contribution < -0.4 is 0 Å². The molecule has 0 spiro atoms. The molecule has 0 amide bonds. The molecule has 2 rings (SSSR count). The third-order valence-corrected chi connectivity index (χ3v) is 2.52. The third kappa shape index (κ3) is 2.53. The maximum absolute atomic E-state index is 10.4. The topological polar surface area (TPSA) is 43.1 Å². The molecule has 0 aliphatic heterocycles. The number of carbonyl (C=O) groups excluding carboxylic acids is 1. The van der Waals surface area contributed by atoms with Crippen molar-refractivity contribution in [3.63, 3.8) is 0 Å². The molecule has 0 unspecified atom stereocenters. The second kappa shape index (κ2) is 4.40. The molecule has 0 aliphatic rings. The van der Waals surface area contributed by atoms with Crippen LogP contribution in [0.2, 0.25) is 0 Å². The van der Waals surface area contributed by atoms with Crippen LogP contribution in [0.5, 0.6) is 0 Å². The van der Waals surface area contributed by atoms with Gasteiger partial charge in [0.05, 0.1) is 0 Å². The van der Waals surface area contributed by atoms with Gasteiger partial charge in [0.1, 0.15) is 11.5 Å². The van der Waals surface area contributed by atoms with Gasteiger partial charge in [-0.2, -0.15) is 0 Å². The fourth-order valence-corrected chi connectivity index (χ4v) is 1.54. The quantitative estimate of drug-likeness (QED) is 0.802. The first-order valence-electron chi connectivity index (χ1n) is 4.43. The van der Waals surface area contributed by atoms with E-state index in [1.54, 1.807) is 6.07 Å². The van der Waals surface area contributed by atoms with E-state index in [0.29, 0.717) is 24.2 Å². The predicted octanol–water partition coefficient (Wildman–Crippen LogP) is 2.84. The number of nitrogens with zero attached hydrogens (tertiary/aromatic N) is 1. The molecule has 1 aromatic heterocycles. The zero-order valence-corrected chi connectivity index (χ0v) is 9.40. The van der Waals surface area contributed by atoms with E-state index in [2.05, 4.69) is 21.1 Å². The van der Waals surface area contributed by atoms with Crippen molar-refractivity contribution >= 4 is 22.2 Å². The van der Waals surface area contributed by atoms with Crippen molar-refractivity contribution in [2.45, 2.75) is 6.42 Å². The fraction of sp³-hybridized carbons (Fsp3) is 0.0909. The van der Waals surface area contributed by atoms with E-state index in [1.807, 2.05) is 24.3 Å². The first-order chi connectivity index (χ1) is 7.28. The van der Waals surface area contributed by atoms with Crippen LogP contribution >= 0.6 is 15.9 Å². The van der Waals surface area contributed by atoms with Crippen LogP contribution in [0.25, 0.3) is 0 Å². The molecule has 2 aromatic rings. The van der Waals surface area contributed by atoms with Gasteiger partial charge in [0, 0.05) is 17.0 Å². The van der Waals surface area contributed by atoms with E-state index in [1.165, 1.54) is 0 Å². The minimum atomic E-state index is 0.335. The van der Waals surface area contributed by atoms with Gasteiger partial charge in [-0.25, -0.2) is 0 Å². The summed E-state index contributed by atoms with van der Waals surface area (Å²) in [5.74, 6) is 0.694. The zero-order chi connectivity index (χ0) is 10.7. The normalized spacial score (nSPS) is 10.2. The van der Waals surface area contributed by atoms with Gasteiger partial charge in [-0.3, -0.25) is 4.79 Å². The smallest absolute Gasteiger partial charge is 0.171 e. The van der Waals surface area contributed by atoms with Crippen molar-refractivity contribution in [2.24, 2.45) is 0 Å². The molecule has 0 atom stereocenters. The Morgan fingerprint density at radius 3 is 2.67 bits per heavy atom. The van der Waals surface area contributed by atoms with Gasteiger partial charge in [0.25, 0.3) is 0 Å². The van der Waals surface area contributed by atoms with Gasteiger partial charge in [-0.15, -0.1) is 0 Å². The molecule has 1 heterocycles. The summed E-state index contributed by atoms with van der Waals surface area (Å²) in [6.07, 6.45) is 1.32.